The lowest BCUT2D eigenvalue weighted by Gasteiger charge is -2.26. The van der Waals surface area contributed by atoms with Crippen molar-refractivity contribution in [2.24, 2.45) is 0 Å². The first kappa shape index (κ1) is 11.3. The Labute approximate surface area is 86.9 Å². The van der Waals surface area contributed by atoms with Crippen molar-refractivity contribution in [3.63, 3.8) is 0 Å². The van der Waals surface area contributed by atoms with E-state index in [9.17, 15) is 0 Å². The van der Waals surface area contributed by atoms with Gasteiger partial charge in [0.2, 0.25) is 0 Å². The second-order valence-electron chi connectivity index (χ2n) is 4.39. The van der Waals surface area contributed by atoms with E-state index in [2.05, 4.69) is 44.4 Å². The molecule has 0 aliphatic heterocycles. The van der Waals surface area contributed by atoms with E-state index < -0.39 is 0 Å². The Morgan fingerprint density at radius 3 is 2.14 bits per heavy atom. The van der Waals surface area contributed by atoms with Gasteiger partial charge in [0.1, 0.15) is 0 Å². The number of aromatic nitrogens is 1. The van der Waals surface area contributed by atoms with Gasteiger partial charge >= 0.3 is 0 Å². The second kappa shape index (κ2) is 4.18. The highest BCUT2D eigenvalue weighted by molar-refractivity contribution is 5.14. The molecule has 2 heteroatoms. The number of hydrogen-bond acceptors (Lipinski definition) is 1. The van der Waals surface area contributed by atoms with Crippen LogP contribution in [0.3, 0.4) is 0 Å². The van der Waals surface area contributed by atoms with Crippen LogP contribution in [-0.2, 0) is 11.3 Å². The Balaban J connectivity index is 2.77. The SMILES string of the molecule is CCOC(C)(C)Cn1c(C)ccc1C. The third-order valence-corrected chi connectivity index (χ3v) is 2.49. The molecule has 0 saturated carbocycles. The maximum absolute atomic E-state index is 5.69. The third-order valence-electron chi connectivity index (χ3n) is 2.49. The first-order chi connectivity index (χ1) is 6.46. The summed E-state index contributed by atoms with van der Waals surface area (Å²) in [7, 11) is 0. The van der Waals surface area contributed by atoms with Crippen LogP contribution in [0.15, 0.2) is 12.1 Å². The summed E-state index contributed by atoms with van der Waals surface area (Å²) >= 11 is 0. The van der Waals surface area contributed by atoms with Crippen molar-refractivity contribution in [2.45, 2.75) is 46.8 Å². The molecule has 0 radical (unpaired) electrons. The third kappa shape index (κ3) is 2.61. The van der Waals surface area contributed by atoms with Gasteiger partial charge in [0.25, 0.3) is 0 Å². The standard InChI is InChI=1S/C12H21NO/c1-6-14-12(4,5)9-13-10(2)7-8-11(13)3/h7-8H,6,9H2,1-5H3. The van der Waals surface area contributed by atoms with Crippen LogP contribution in [0, 0.1) is 13.8 Å². The van der Waals surface area contributed by atoms with E-state index in [0.29, 0.717) is 0 Å². The maximum Gasteiger partial charge on any atom is 0.0804 e. The van der Waals surface area contributed by atoms with E-state index >= 15 is 0 Å². The second-order valence-corrected chi connectivity index (χ2v) is 4.39. The van der Waals surface area contributed by atoms with Crippen LogP contribution < -0.4 is 0 Å². The van der Waals surface area contributed by atoms with E-state index in [0.717, 1.165) is 13.2 Å². The van der Waals surface area contributed by atoms with Crippen LogP contribution in [0.4, 0.5) is 0 Å². The van der Waals surface area contributed by atoms with Crippen LogP contribution in [-0.4, -0.2) is 16.8 Å². The first-order valence-electron chi connectivity index (χ1n) is 5.23. The topological polar surface area (TPSA) is 14.2 Å². The molecule has 0 aromatic carbocycles. The van der Waals surface area contributed by atoms with Crippen LogP contribution in [0.25, 0.3) is 0 Å². The summed E-state index contributed by atoms with van der Waals surface area (Å²) in [4.78, 5) is 0. The number of aryl methyl sites for hydroxylation is 2. The quantitative estimate of drug-likeness (QED) is 0.720. The number of hydrogen-bond donors (Lipinski definition) is 0. The Morgan fingerprint density at radius 2 is 1.71 bits per heavy atom. The summed E-state index contributed by atoms with van der Waals surface area (Å²) in [5.74, 6) is 0. The normalized spacial score (nSPS) is 12.1. The molecule has 0 aliphatic rings. The summed E-state index contributed by atoms with van der Waals surface area (Å²) in [6, 6.07) is 4.30. The summed E-state index contributed by atoms with van der Waals surface area (Å²) < 4.78 is 7.99. The summed E-state index contributed by atoms with van der Waals surface area (Å²) in [6.45, 7) is 12.3. The Hall–Kier alpha value is -0.760. The molecule has 0 spiro atoms. The number of rotatable bonds is 4. The average Bonchev–Trinajstić information content (AvgIpc) is 2.35. The summed E-state index contributed by atoms with van der Waals surface area (Å²) in [5.41, 5.74) is 2.52. The van der Waals surface area contributed by atoms with Crippen LogP contribution >= 0.6 is 0 Å². The molecule has 0 saturated heterocycles. The molecule has 0 aliphatic carbocycles. The lowest BCUT2D eigenvalue weighted by atomic mass is 10.1. The fraction of sp³-hybridized carbons (Fsp3) is 0.667. The van der Waals surface area contributed by atoms with Gasteiger partial charge in [-0.1, -0.05) is 0 Å². The summed E-state index contributed by atoms with van der Waals surface area (Å²) in [5, 5.41) is 0. The smallest absolute Gasteiger partial charge is 0.0804 e. The van der Waals surface area contributed by atoms with E-state index in [1.165, 1.54) is 11.4 Å². The summed E-state index contributed by atoms with van der Waals surface area (Å²) in [6.07, 6.45) is 0. The minimum atomic E-state index is -0.0801. The van der Waals surface area contributed by atoms with Crippen molar-refractivity contribution in [3.05, 3.63) is 23.5 Å². The first-order valence-corrected chi connectivity index (χ1v) is 5.23. The van der Waals surface area contributed by atoms with Gasteiger partial charge in [-0.15, -0.1) is 0 Å². The molecule has 14 heavy (non-hydrogen) atoms. The van der Waals surface area contributed by atoms with Crippen molar-refractivity contribution in [2.75, 3.05) is 6.61 Å². The van der Waals surface area contributed by atoms with Crippen LogP contribution in [0.5, 0.6) is 0 Å². The molecule has 0 amide bonds. The van der Waals surface area contributed by atoms with Gasteiger partial charge in [0.15, 0.2) is 0 Å². The zero-order valence-electron chi connectivity index (χ0n) is 9.92. The van der Waals surface area contributed by atoms with Crippen molar-refractivity contribution in [3.8, 4) is 0 Å². The zero-order chi connectivity index (χ0) is 10.8. The molecule has 80 valence electrons. The molecule has 1 aromatic heterocycles. The van der Waals surface area contributed by atoms with Crippen molar-refractivity contribution in [1.29, 1.82) is 0 Å². The van der Waals surface area contributed by atoms with Crippen LogP contribution in [0.1, 0.15) is 32.2 Å². The van der Waals surface area contributed by atoms with Gasteiger partial charge in [0, 0.05) is 18.0 Å². The van der Waals surface area contributed by atoms with Crippen molar-refractivity contribution < 1.29 is 4.74 Å². The molecule has 2 nitrogen and oxygen atoms in total. The highest BCUT2D eigenvalue weighted by atomic mass is 16.5. The number of ether oxygens (including phenoxy) is 1. The molecule has 0 N–H and O–H groups in total. The monoisotopic (exact) mass is 195 g/mol. The van der Waals surface area contributed by atoms with Gasteiger partial charge < -0.3 is 9.30 Å². The van der Waals surface area contributed by atoms with Gasteiger partial charge in [-0.25, -0.2) is 0 Å². The van der Waals surface area contributed by atoms with E-state index in [4.69, 9.17) is 4.74 Å². The van der Waals surface area contributed by atoms with Crippen molar-refractivity contribution in [1.82, 2.24) is 4.57 Å². The maximum atomic E-state index is 5.69. The van der Waals surface area contributed by atoms with Gasteiger partial charge in [0.05, 0.1) is 12.1 Å². The Bertz CT molecular complexity index is 280. The molecule has 1 heterocycles. The van der Waals surface area contributed by atoms with E-state index in [1.807, 2.05) is 6.92 Å². The van der Waals surface area contributed by atoms with Gasteiger partial charge in [-0.2, -0.15) is 0 Å². The Kier molecular flexibility index (Phi) is 3.38. The fourth-order valence-corrected chi connectivity index (χ4v) is 1.77. The van der Waals surface area contributed by atoms with Crippen LogP contribution in [0.2, 0.25) is 0 Å². The lowest BCUT2D eigenvalue weighted by molar-refractivity contribution is -0.0230. The predicted molar refractivity (Wildman–Crippen MR) is 59.6 cm³/mol. The van der Waals surface area contributed by atoms with E-state index in [-0.39, 0.29) is 5.60 Å². The van der Waals surface area contributed by atoms with Gasteiger partial charge in [-0.05, 0) is 46.8 Å². The van der Waals surface area contributed by atoms with Crippen molar-refractivity contribution >= 4 is 0 Å². The average molecular weight is 195 g/mol. The fourth-order valence-electron chi connectivity index (χ4n) is 1.77. The minimum Gasteiger partial charge on any atom is -0.374 e. The zero-order valence-corrected chi connectivity index (χ0v) is 9.92. The molecule has 0 unspecified atom stereocenters. The highest BCUT2D eigenvalue weighted by Crippen LogP contribution is 2.16. The molecule has 0 atom stereocenters. The molecular formula is C12H21NO. The molecule has 0 bridgehead atoms. The molecule has 1 rings (SSSR count). The highest BCUT2D eigenvalue weighted by Gasteiger charge is 2.19. The lowest BCUT2D eigenvalue weighted by Crippen LogP contribution is -2.31. The van der Waals surface area contributed by atoms with Gasteiger partial charge in [-0.3, -0.25) is 0 Å². The largest absolute Gasteiger partial charge is 0.374 e. The molecule has 1 aromatic rings. The minimum absolute atomic E-state index is 0.0801. The molecular weight excluding hydrogens is 174 g/mol. The Morgan fingerprint density at radius 1 is 1.21 bits per heavy atom. The van der Waals surface area contributed by atoms with E-state index in [1.54, 1.807) is 0 Å². The predicted octanol–water partition coefficient (Wildman–Crippen LogP) is 2.92. The number of nitrogens with zero attached hydrogens (tertiary/aromatic N) is 1. The molecule has 0 fully saturated rings.